The summed E-state index contributed by atoms with van der Waals surface area (Å²) in [7, 11) is 0. The van der Waals surface area contributed by atoms with Crippen molar-refractivity contribution in [2.45, 2.75) is 19.6 Å². The number of aliphatic imine (C=N–C) groups is 1. The number of hydrogen-bond acceptors (Lipinski definition) is 1. The molecule has 0 aromatic heterocycles. The summed E-state index contributed by atoms with van der Waals surface area (Å²) in [6, 6.07) is 5.97. The van der Waals surface area contributed by atoms with Crippen LogP contribution in [0, 0.1) is 0 Å². The number of rotatable bonds is 6. The van der Waals surface area contributed by atoms with E-state index in [1.165, 1.54) is 0 Å². The van der Waals surface area contributed by atoms with Crippen LogP contribution in [0.1, 0.15) is 16.7 Å². The largest absolute Gasteiger partial charge is 0.434 e. The zero-order chi connectivity index (χ0) is 15.8. The number of hydrogen-bond donors (Lipinski definition) is 8. The Bertz CT molecular complexity index is 469. The van der Waals surface area contributed by atoms with Crippen LogP contribution in [0.4, 0.5) is 0 Å². The molecule has 0 bridgehead atoms. The van der Waals surface area contributed by atoms with Gasteiger partial charge in [-0.15, -0.1) is 0 Å². The van der Waals surface area contributed by atoms with Crippen LogP contribution in [0.3, 0.4) is 0 Å². The van der Waals surface area contributed by atoms with E-state index in [-0.39, 0.29) is 11.9 Å². The number of nitrogens with two attached hydrogens (primary N) is 5. The molecule has 0 saturated carbocycles. The van der Waals surface area contributed by atoms with Crippen molar-refractivity contribution in [3.05, 3.63) is 34.9 Å². The quantitative estimate of drug-likeness (QED) is 0.190. The van der Waals surface area contributed by atoms with Gasteiger partial charge in [-0.2, -0.15) is 0 Å². The van der Waals surface area contributed by atoms with E-state index in [9.17, 15) is 0 Å². The summed E-state index contributed by atoms with van der Waals surface area (Å²) >= 11 is 0. The Morgan fingerprint density at radius 3 is 1.90 bits per heavy atom. The first-order chi connectivity index (χ1) is 9.86. The van der Waals surface area contributed by atoms with Crippen LogP contribution < -0.4 is 44.4 Å². The van der Waals surface area contributed by atoms with Crippen LogP contribution in [0.5, 0.6) is 0 Å². The summed E-state index contributed by atoms with van der Waals surface area (Å²) in [6.07, 6.45) is 0. The lowest BCUT2D eigenvalue weighted by atomic mass is 10.1. The summed E-state index contributed by atoms with van der Waals surface area (Å²) in [5.74, 6) is 0.622. The van der Waals surface area contributed by atoms with Gasteiger partial charge >= 0.3 is 11.9 Å². The molecule has 1 aromatic carbocycles. The lowest BCUT2D eigenvalue weighted by Gasteiger charge is -2.05. The topological polar surface area (TPSA) is 198 Å². The second-order valence-electron chi connectivity index (χ2n) is 4.59. The van der Waals surface area contributed by atoms with Gasteiger partial charge in [0.25, 0.3) is 0 Å². The van der Waals surface area contributed by atoms with Gasteiger partial charge in [-0.1, -0.05) is 12.1 Å². The molecule has 9 nitrogen and oxygen atoms in total. The van der Waals surface area contributed by atoms with Crippen molar-refractivity contribution in [3.8, 4) is 0 Å². The molecule has 0 radical (unpaired) electrons. The molecule has 9 heteroatoms. The van der Waals surface area contributed by atoms with Gasteiger partial charge in [0, 0.05) is 0 Å². The highest BCUT2D eigenvalue weighted by Gasteiger charge is 2.04. The average Bonchev–Trinajstić information content (AvgIpc) is 2.40. The van der Waals surface area contributed by atoms with Crippen LogP contribution in [-0.4, -0.2) is 17.9 Å². The molecule has 0 atom stereocenters. The van der Waals surface area contributed by atoms with E-state index in [2.05, 4.69) is 20.7 Å². The van der Waals surface area contributed by atoms with E-state index in [0.717, 1.165) is 16.7 Å². The maximum atomic E-state index is 5.50. The summed E-state index contributed by atoms with van der Waals surface area (Å²) in [5, 5.41) is 0. The third-order valence-corrected chi connectivity index (χ3v) is 2.57. The fourth-order valence-corrected chi connectivity index (χ4v) is 1.74. The van der Waals surface area contributed by atoms with Crippen LogP contribution in [-0.2, 0) is 19.6 Å². The fraction of sp³-hybridized carbons (Fsp3) is 0.250. The normalized spacial score (nSPS) is 11.0. The number of benzene rings is 1. The second kappa shape index (κ2) is 7.70. The predicted molar refractivity (Wildman–Crippen MR) is 80.8 cm³/mol. The van der Waals surface area contributed by atoms with Gasteiger partial charge in [0.2, 0.25) is 0 Å². The minimum Gasteiger partial charge on any atom is -0.370 e. The van der Waals surface area contributed by atoms with Crippen LogP contribution in [0.25, 0.3) is 0 Å². The Kier molecular flexibility index (Phi) is 5.96. The molecular formula is C12H24N9+3. The first-order valence-corrected chi connectivity index (χ1v) is 6.34. The van der Waals surface area contributed by atoms with Crippen molar-refractivity contribution in [1.29, 1.82) is 0 Å². The number of nitrogens with zero attached hydrogens (tertiary/aromatic N) is 1. The molecule has 1 aromatic rings. The van der Waals surface area contributed by atoms with Gasteiger partial charge in [0.15, 0.2) is 5.96 Å². The first kappa shape index (κ1) is 16.2. The predicted octanol–water partition coefficient (Wildman–Crippen LogP) is -6.55. The summed E-state index contributed by atoms with van der Waals surface area (Å²) in [5.41, 5.74) is 33.6. The number of quaternary nitrogens is 1. The lowest BCUT2D eigenvalue weighted by molar-refractivity contribution is -0.519. The van der Waals surface area contributed by atoms with E-state index >= 15 is 0 Å². The molecule has 21 heavy (non-hydrogen) atoms. The Morgan fingerprint density at radius 1 is 0.905 bits per heavy atom. The molecule has 1 rings (SSSR count). The van der Waals surface area contributed by atoms with Gasteiger partial charge < -0.3 is 11.5 Å². The maximum Gasteiger partial charge on any atom is 0.434 e. The Labute approximate surface area is 122 Å². The molecule has 0 fully saturated rings. The van der Waals surface area contributed by atoms with Crippen LogP contribution >= 0.6 is 0 Å². The molecule has 0 unspecified atom stereocenters. The maximum absolute atomic E-state index is 5.50. The van der Waals surface area contributed by atoms with Crippen molar-refractivity contribution in [2.75, 3.05) is 0 Å². The van der Waals surface area contributed by atoms with Gasteiger partial charge in [0.1, 0.15) is 6.54 Å². The molecular weight excluding hydrogens is 270 g/mol. The third-order valence-electron chi connectivity index (χ3n) is 2.57. The molecule has 0 spiro atoms. The zero-order valence-corrected chi connectivity index (χ0v) is 11.9. The van der Waals surface area contributed by atoms with Crippen molar-refractivity contribution in [2.24, 2.45) is 33.7 Å². The standard InChI is InChI=1S/C12H21N9/c13-10(14)19-4-7-1-8(5-20-11(15)16)3-9(2-7)6-21-12(17)18/h1-3H,4-6H2,(H4,13,14,19)(H4,15,16,20)(H4,17,18,21)/p+3. The Morgan fingerprint density at radius 2 is 1.43 bits per heavy atom. The molecule has 0 aliphatic heterocycles. The summed E-state index contributed by atoms with van der Waals surface area (Å²) in [6.45, 7) is 1.46. The monoisotopic (exact) mass is 294 g/mol. The molecule has 0 aliphatic carbocycles. The molecule has 15 N–H and O–H groups in total. The zero-order valence-electron chi connectivity index (χ0n) is 11.9. The highest BCUT2D eigenvalue weighted by atomic mass is 15.0. The molecule has 114 valence electrons. The van der Waals surface area contributed by atoms with E-state index in [4.69, 9.17) is 28.7 Å². The number of nitrogens with one attached hydrogen (secondary N) is 2. The molecule has 0 amide bonds. The highest BCUT2D eigenvalue weighted by molar-refractivity contribution is 5.75. The lowest BCUT2D eigenvalue weighted by Crippen LogP contribution is -2.87. The van der Waals surface area contributed by atoms with Crippen LogP contribution in [0.15, 0.2) is 23.2 Å². The third kappa shape index (κ3) is 6.78. The highest BCUT2D eigenvalue weighted by Crippen LogP contribution is 2.10. The molecule has 0 saturated heterocycles. The minimum absolute atomic E-state index is 0.0491. The molecule has 0 aliphatic rings. The van der Waals surface area contributed by atoms with Crippen molar-refractivity contribution in [3.63, 3.8) is 0 Å². The van der Waals surface area contributed by atoms with Crippen molar-refractivity contribution >= 4 is 17.9 Å². The van der Waals surface area contributed by atoms with Gasteiger partial charge in [-0.05, 0) is 22.8 Å². The smallest absolute Gasteiger partial charge is 0.370 e. The first-order valence-electron chi connectivity index (χ1n) is 6.34. The van der Waals surface area contributed by atoms with E-state index in [1.807, 2.05) is 18.2 Å². The molecule has 0 heterocycles. The second-order valence-corrected chi connectivity index (χ2v) is 4.59. The fourth-order valence-electron chi connectivity index (χ4n) is 1.74. The van der Waals surface area contributed by atoms with Gasteiger partial charge in [-0.25, -0.2) is 15.7 Å². The minimum atomic E-state index is 0.0491. The summed E-state index contributed by atoms with van der Waals surface area (Å²) in [4.78, 5) is 9.84. The SMILES string of the molecule is NC(N)=NCc1cc(C[NH+]=C(N)N)cc(C[NH+]=C(N)[NH3+])c1. The van der Waals surface area contributed by atoms with Gasteiger partial charge in [0.05, 0.1) is 13.1 Å². The number of guanidine groups is 3. The van der Waals surface area contributed by atoms with E-state index < -0.39 is 0 Å². The van der Waals surface area contributed by atoms with Gasteiger partial charge in [-0.3, -0.25) is 22.2 Å². The Hall–Kier alpha value is -2.81. The Balaban J connectivity index is 3.03. The van der Waals surface area contributed by atoms with E-state index in [1.54, 1.807) is 0 Å². The van der Waals surface area contributed by atoms with Crippen molar-refractivity contribution in [1.82, 2.24) is 0 Å². The average molecular weight is 294 g/mol. The summed E-state index contributed by atoms with van der Waals surface area (Å²) < 4.78 is 0. The van der Waals surface area contributed by atoms with Crippen molar-refractivity contribution < 1.29 is 15.7 Å². The van der Waals surface area contributed by atoms with Crippen LogP contribution in [0.2, 0.25) is 0 Å². The van der Waals surface area contributed by atoms with E-state index in [0.29, 0.717) is 25.6 Å².